The Morgan fingerprint density at radius 3 is 2.93 bits per heavy atom. The smallest absolute Gasteiger partial charge is 0.314 e. The monoisotopic (exact) mass is 192 g/mol. The fourth-order valence-electron chi connectivity index (χ4n) is 2.69. The Balaban J connectivity index is 2.10. The van der Waals surface area contributed by atoms with Crippen molar-refractivity contribution in [3.05, 3.63) is 23.7 Å². The minimum Gasteiger partial charge on any atom is -0.481 e. The van der Waals surface area contributed by atoms with Crippen LogP contribution >= 0.6 is 0 Å². The molecule has 74 valence electrons. The molecule has 1 heterocycles. The van der Waals surface area contributed by atoms with Crippen molar-refractivity contribution in [1.29, 1.82) is 0 Å². The second-order valence-corrected chi connectivity index (χ2v) is 4.44. The fourth-order valence-corrected chi connectivity index (χ4v) is 2.69. The Morgan fingerprint density at radius 1 is 1.50 bits per heavy atom. The lowest BCUT2D eigenvalue weighted by atomic mass is 9.76. The van der Waals surface area contributed by atoms with Gasteiger partial charge < -0.3 is 9.52 Å². The average Bonchev–Trinajstić information content (AvgIpc) is 2.75. The summed E-state index contributed by atoms with van der Waals surface area (Å²) in [5.41, 5.74) is 1.13. The van der Waals surface area contributed by atoms with E-state index in [1.807, 2.05) is 6.07 Å². The van der Waals surface area contributed by atoms with Crippen LogP contribution in [-0.4, -0.2) is 11.1 Å². The molecule has 1 aromatic heterocycles. The van der Waals surface area contributed by atoms with Gasteiger partial charge in [0, 0.05) is 0 Å². The summed E-state index contributed by atoms with van der Waals surface area (Å²) >= 11 is 0. The molecule has 3 rings (SSSR count). The highest BCUT2D eigenvalue weighted by atomic mass is 16.4. The minimum atomic E-state index is -0.724. The molecule has 1 atom stereocenters. The Bertz CT molecular complexity index is 387. The molecule has 2 aliphatic carbocycles. The van der Waals surface area contributed by atoms with E-state index in [1.54, 1.807) is 6.26 Å². The first-order valence-electron chi connectivity index (χ1n) is 5.02. The van der Waals surface area contributed by atoms with Crippen molar-refractivity contribution >= 4 is 5.97 Å². The first-order valence-corrected chi connectivity index (χ1v) is 5.02. The number of hydrogen-bond acceptors (Lipinski definition) is 2. The van der Waals surface area contributed by atoms with Crippen molar-refractivity contribution in [3.63, 3.8) is 0 Å². The summed E-state index contributed by atoms with van der Waals surface area (Å²) in [4.78, 5) is 11.2. The quantitative estimate of drug-likeness (QED) is 0.741. The molecule has 0 radical (unpaired) electrons. The van der Waals surface area contributed by atoms with E-state index in [-0.39, 0.29) is 11.3 Å². The second kappa shape index (κ2) is 2.41. The maximum atomic E-state index is 11.2. The molecule has 14 heavy (non-hydrogen) atoms. The molecule has 1 N–H and O–H groups in total. The van der Waals surface area contributed by atoms with Crippen molar-refractivity contribution in [2.75, 3.05) is 0 Å². The molecule has 3 heteroatoms. The normalized spacial score (nSPS) is 27.3. The Labute approximate surface area is 81.7 Å². The van der Waals surface area contributed by atoms with Crippen LogP contribution in [0.3, 0.4) is 0 Å². The van der Waals surface area contributed by atoms with Gasteiger partial charge in [0.15, 0.2) is 0 Å². The molecule has 0 aromatic carbocycles. The number of furan rings is 1. The highest BCUT2D eigenvalue weighted by Gasteiger charge is 2.56. The van der Waals surface area contributed by atoms with Gasteiger partial charge >= 0.3 is 5.97 Å². The van der Waals surface area contributed by atoms with Crippen LogP contribution in [0.4, 0.5) is 0 Å². The maximum absolute atomic E-state index is 11.2. The topological polar surface area (TPSA) is 50.4 Å². The molecule has 2 aliphatic rings. The minimum absolute atomic E-state index is 0.0384. The summed E-state index contributed by atoms with van der Waals surface area (Å²) in [6, 6.07) is 1.90. The van der Waals surface area contributed by atoms with E-state index in [0.29, 0.717) is 5.76 Å². The number of hydrogen-bond donors (Lipinski definition) is 1. The number of aryl methyl sites for hydroxylation is 1. The first kappa shape index (κ1) is 8.09. The molecule has 0 amide bonds. The largest absolute Gasteiger partial charge is 0.481 e. The summed E-state index contributed by atoms with van der Waals surface area (Å²) in [6.45, 7) is 0. The summed E-state index contributed by atoms with van der Waals surface area (Å²) in [6.07, 6.45) is 5.70. The fraction of sp³-hybridized carbons (Fsp3) is 0.545. The van der Waals surface area contributed by atoms with Gasteiger partial charge in [-0.15, -0.1) is 0 Å². The third kappa shape index (κ3) is 0.897. The van der Waals surface area contributed by atoms with Gasteiger partial charge in [-0.3, -0.25) is 4.79 Å². The summed E-state index contributed by atoms with van der Waals surface area (Å²) in [5, 5.41) is 9.22. The van der Waals surface area contributed by atoms with Gasteiger partial charge in [-0.2, -0.15) is 0 Å². The number of carboxylic acid groups (broad SMARTS) is 1. The van der Waals surface area contributed by atoms with Gasteiger partial charge in [0.25, 0.3) is 0 Å². The van der Waals surface area contributed by atoms with Gasteiger partial charge in [0.2, 0.25) is 0 Å². The molecule has 3 nitrogen and oxygen atoms in total. The molecule has 0 aliphatic heterocycles. The summed E-state index contributed by atoms with van der Waals surface area (Å²) < 4.78 is 5.32. The predicted molar refractivity (Wildman–Crippen MR) is 49.1 cm³/mol. The molecular formula is C11H12O3. The standard InChI is InChI=1S/C11H12O3/c12-10(13)8-9-7(2-6-14-9)1-3-11(8)4-5-11/h2,6,8H,1,3-5H2,(H,12,13). The third-order valence-corrected chi connectivity index (χ3v) is 3.69. The predicted octanol–water partition coefficient (Wildman–Crippen LogP) is 2.17. The molecular weight excluding hydrogens is 180 g/mol. The van der Waals surface area contributed by atoms with Crippen molar-refractivity contribution in [1.82, 2.24) is 0 Å². The SMILES string of the molecule is O=C(O)C1c2occc2CCC12CC2. The van der Waals surface area contributed by atoms with Crippen molar-refractivity contribution in [2.24, 2.45) is 5.41 Å². The van der Waals surface area contributed by atoms with Crippen LogP contribution in [0.25, 0.3) is 0 Å². The molecule has 0 bridgehead atoms. The molecule has 1 aromatic rings. The highest BCUT2D eigenvalue weighted by Crippen LogP contribution is 2.62. The molecule has 1 fully saturated rings. The van der Waals surface area contributed by atoms with E-state index < -0.39 is 5.97 Å². The zero-order valence-electron chi connectivity index (χ0n) is 7.82. The number of rotatable bonds is 1. The second-order valence-electron chi connectivity index (χ2n) is 4.44. The maximum Gasteiger partial charge on any atom is 0.314 e. The lowest BCUT2D eigenvalue weighted by Gasteiger charge is -2.27. The van der Waals surface area contributed by atoms with E-state index in [9.17, 15) is 9.90 Å². The average molecular weight is 192 g/mol. The Hall–Kier alpha value is -1.25. The van der Waals surface area contributed by atoms with Gasteiger partial charge in [0.05, 0.1) is 6.26 Å². The molecule has 1 saturated carbocycles. The summed E-state index contributed by atoms with van der Waals surface area (Å²) in [7, 11) is 0. The van der Waals surface area contributed by atoms with Crippen LogP contribution in [0.15, 0.2) is 16.7 Å². The van der Waals surface area contributed by atoms with E-state index in [4.69, 9.17) is 4.42 Å². The number of aliphatic carboxylic acids is 1. The first-order chi connectivity index (χ1) is 6.73. The van der Waals surface area contributed by atoms with Crippen LogP contribution in [0.2, 0.25) is 0 Å². The van der Waals surface area contributed by atoms with Gasteiger partial charge in [-0.1, -0.05) is 0 Å². The van der Waals surface area contributed by atoms with Crippen LogP contribution in [-0.2, 0) is 11.2 Å². The van der Waals surface area contributed by atoms with E-state index in [1.165, 1.54) is 0 Å². The van der Waals surface area contributed by atoms with E-state index in [0.717, 1.165) is 31.2 Å². The van der Waals surface area contributed by atoms with Gasteiger partial charge in [-0.05, 0) is 42.7 Å². The van der Waals surface area contributed by atoms with Crippen molar-refractivity contribution in [2.45, 2.75) is 31.6 Å². The number of fused-ring (bicyclic) bond motifs is 1. The van der Waals surface area contributed by atoms with Crippen LogP contribution in [0.1, 0.15) is 36.5 Å². The van der Waals surface area contributed by atoms with Gasteiger partial charge in [-0.25, -0.2) is 0 Å². The lowest BCUT2D eigenvalue weighted by molar-refractivity contribution is -0.141. The van der Waals surface area contributed by atoms with Crippen LogP contribution in [0, 0.1) is 5.41 Å². The lowest BCUT2D eigenvalue weighted by Crippen LogP contribution is -2.27. The van der Waals surface area contributed by atoms with Crippen LogP contribution < -0.4 is 0 Å². The van der Waals surface area contributed by atoms with Crippen molar-refractivity contribution < 1.29 is 14.3 Å². The van der Waals surface area contributed by atoms with Crippen molar-refractivity contribution in [3.8, 4) is 0 Å². The van der Waals surface area contributed by atoms with E-state index >= 15 is 0 Å². The Morgan fingerprint density at radius 2 is 2.29 bits per heavy atom. The van der Waals surface area contributed by atoms with E-state index in [2.05, 4.69) is 0 Å². The zero-order valence-corrected chi connectivity index (χ0v) is 7.82. The summed E-state index contributed by atoms with van der Waals surface area (Å²) in [5.74, 6) is -0.402. The molecule has 1 spiro atoms. The highest BCUT2D eigenvalue weighted by molar-refractivity contribution is 5.78. The third-order valence-electron chi connectivity index (χ3n) is 3.69. The number of carboxylic acids is 1. The molecule has 1 unspecified atom stereocenters. The molecule has 0 saturated heterocycles. The van der Waals surface area contributed by atoms with Gasteiger partial charge in [0.1, 0.15) is 11.7 Å². The van der Waals surface area contributed by atoms with Crippen LogP contribution in [0.5, 0.6) is 0 Å². The number of carbonyl (C=O) groups is 1. The zero-order chi connectivity index (χ0) is 9.76. The Kier molecular flexibility index (Phi) is 1.39.